The van der Waals surface area contributed by atoms with Crippen LogP contribution in [0, 0.1) is 0 Å². The van der Waals surface area contributed by atoms with Crippen molar-refractivity contribution in [1.29, 1.82) is 0 Å². The minimum Gasteiger partial charge on any atom is -0.460 e. The van der Waals surface area contributed by atoms with Crippen LogP contribution in [0.1, 0.15) is 105 Å². The van der Waals surface area contributed by atoms with Crippen molar-refractivity contribution in [3.8, 4) is 0 Å². The van der Waals surface area contributed by atoms with Gasteiger partial charge in [0.25, 0.3) is 0 Å². The van der Waals surface area contributed by atoms with Gasteiger partial charge in [0.2, 0.25) is 5.91 Å². The third-order valence-electron chi connectivity index (χ3n) is 9.06. The van der Waals surface area contributed by atoms with Crippen molar-refractivity contribution in [2.75, 3.05) is 67.6 Å². The van der Waals surface area contributed by atoms with Gasteiger partial charge in [-0.2, -0.15) is 0 Å². The highest BCUT2D eigenvalue weighted by atomic mass is 16.6. The maximum atomic E-state index is 12.8. The van der Waals surface area contributed by atoms with E-state index in [-0.39, 0.29) is 54.6 Å². The van der Waals surface area contributed by atoms with Crippen LogP contribution in [0.25, 0.3) is 0 Å². The summed E-state index contributed by atoms with van der Waals surface area (Å²) in [4.78, 5) is 60.7. The first-order valence-electron chi connectivity index (χ1n) is 21.2. The second kappa shape index (κ2) is 33.5. The van der Waals surface area contributed by atoms with E-state index in [2.05, 4.69) is 18.3 Å². The van der Waals surface area contributed by atoms with E-state index in [0.717, 1.165) is 51.4 Å². The van der Waals surface area contributed by atoms with Gasteiger partial charge in [-0.15, -0.1) is 0 Å². The summed E-state index contributed by atoms with van der Waals surface area (Å²) in [5.41, 5.74) is 0. The Morgan fingerprint density at radius 3 is 1.75 bits per heavy atom. The number of aliphatic hydroxyl groups is 1. The fraction of sp³-hybridized carbons (Fsp3) is 0.630. The molecule has 0 aromatic rings. The van der Waals surface area contributed by atoms with Crippen molar-refractivity contribution in [3.63, 3.8) is 0 Å². The zero-order chi connectivity index (χ0) is 44.4. The Labute approximate surface area is 355 Å². The van der Waals surface area contributed by atoms with Gasteiger partial charge in [0, 0.05) is 20.3 Å². The van der Waals surface area contributed by atoms with Crippen LogP contribution in [-0.4, -0.2) is 130 Å². The minimum absolute atomic E-state index is 0.0314. The van der Waals surface area contributed by atoms with Gasteiger partial charge in [-0.3, -0.25) is 14.4 Å². The Morgan fingerprint density at radius 2 is 1.19 bits per heavy atom. The molecule has 0 aliphatic carbocycles. The fourth-order valence-electron chi connectivity index (χ4n) is 5.63. The number of hydrogen-bond donors (Lipinski definition) is 2. The highest BCUT2D eigenvalue weighted by Crippen LogP contribution is 2.16. The number of nitrogens with zero attached hydrogens (tertiary/aromatic N) is 2. The van der Waals surface area contributed by atoms with E-state index in [9.17, 15) is 29.1 Å². The molecule has 0 aliphatic rings. The van der Waals surface area contributed by atoms with Crippen LogP contribution in [0.3, 0.4) is 0 Å². The summed E-state index contributed by atoms with van der Waals surface area (Å²) in [6, 6.07) is 0. The van der Waals surface area contributed by atoms with Gasteiger partial charge < -0.3 is 38.3 Å². The molecule has 2 N–H and O–H groups in total. The Kier molecular flexibility index (Phi) is 31.0. The molecule has 0 fully saturated rings. The number of unbranched alkanes of at least 4 members (excludes halogenated alkanes) is 7. The maximum Gasteiger partial charge on any atom is 0.363 e. The molecule has 13 nitrogen and oxygen atoms in total. The average molecular weight is 832 g/mol. The standard InChI is InChI=1S/C46H76N3O10/c1-9-11-13-14-15-16-21-24-28-32-44(59-46(55)38-49(7,8)34-36-57-40(4)51)47-43(53)31-27-23-20-18-17-19-22-26-29-41(52)42(30-25-12-10-2)58-45(54)37-48(5,6)33-35-56-39(3)50/h9,11,13-16,21-22,24,26,28,32,41-42,44,52H,10,12,17-20,23,25,27,29-31,33-38H2,1-8H3/q+1/p+1/b11-9+,14-13+,16-15+,24-21+,26-22?,32-28+. The van der Waals surface area contributed by atoms with E-state index in [0.29, 0.717) is 43.3 Å². The lowest BCUT2D eigenvalue weighted by Crippen LogP contribution is -2.48. The summed E-state index contributed by atoms with van der Waals surface area (Å²) in [6.45, 7) is 8.18. The van der Waals surface area contributed by atoms with Gasteiger partial charge in [-0.25, -0.2) is 9.59 Å². The topological polar surface area (TPSA) is 155 Å². The molecule has 334 valence electrons. The van der Waals surface area contributed by atoms with Gasteiger partial charge in [0.05, 0.1) is 34.3 Å². The van der Waals surface area contributed by atoms with Crippen molar-refractivity contribution in [2.24, 2.45) is 0 Å². The van der Waals surface area contributed by atoms with Crippen LogP contribution in [0.4, 0.5) is 0 Å². The van der Waals surface area contributed by atoms with Crippen LogP contribution < -0.4 is 5.32 Å². The third-order valence-corrected chi connectivity index (χ3v) is 9.06. The van der Waals surface area contributed by atoms with Gasteiger partial charge in [-0.1, -0.05) is 106 Å². The molecule has 0 aromatic heterocycles. The SMILES string of the molecule is C/C=C/C=C/C=C/C=C/C=C/C(NC(=O)CCCCCCCC=CCC(O)C(CCCCC)OC(=O)C[N+](C)(C)CCOC(C)=O)OC(=O)C[N+](C)(C)CCOC(C)=O. The summed E-state index contributed by atoms with van der Waals surface area (Å²) >= 11 is 0. The largest absolute Gasteiger partial charge is 0.460 e. The molecule has 59 heavy (non-hydrogen) atoms. The van der Waals surface area contributed by atoms with Crippen molar-refractivity contribution in [1.82, 2.24) is 5.32 Å². The van der Waals surface area contributed by atoms with Gasteiger partial charge in [0.1, 0.15) is 32.4 Å². The van der Waals surface area contributed by atoms with E-state index >= 15 is 0 Å². The number of quaternary nitrogens is 2. The molecule has 0 heterocycles. The molecule has 0 aromatic carbocycles. The summed E-state index contributed by atoms with van der Waals surface area (Å²) in [5.74, 6) is -1.82. The first kappa shape index (κ1) is 54.7. The smallest absolute Gasteiger partial charge is 0.363 e. The molecule has 13 heteroatoms. The number of allylic oxidation sites excluding steroid dienone is 10. The van der Waals surface area contributed by atoms with E-state index in [1.54, 1.807) is 18.2 Å². The summed E-state index contributed by atoms with van der Waals surface area (Å²) in [7, 11) is 7.42. The molecule has 1 amide bonds. The predicted molar refractivity (Wildman–Crippen MR) is 232 cm³/mol. The lowest BCUT2D eigenvalue weighted by molar-refractivity contribution is -0.883. The lowest BCUT2D eigenvalue weighted by Gasteiger charge is -2.30. The number of nitrogens with one attached hydrogen (secondary N) is 1. The van der Waals surface area contributed by atoms with Crippen molar-refractivity contribution in [2.45, 2.75) is 123 Å². The van der Waals surface area contributed by atoms with Crippen LogP contribution >= 0.6 is 0 Å². The Bertz CT molecular complexity index is 1400. The maximum absolute atomic E-state index is 12.8. The van der Waals surface area contributed by atoms with Gasteiger partial charge >= 0.3 is 23.9 Å². The monoisotopic (exact) mass is 832 g/mol. The number of amides is 1. The number of aliphatic hydroxyl groups excluding tert-OH is 1. The molecule has 0 rings (SSSR count). The number of rotatable bonds is 33. The molecule has 0 saturated carbocycles. The van der Waals surface area contributed by atoms with E-state index in [4.69, 9.17) is 18.9 Å². The molecule has 0 bridgehead atoms. The second-order valence-corrected chi connectivity index (χ2v) is 16.0. The van der Waals surface area contributed by atoms with Crippen LogP contribution in [-0.2, 0) is 42.9 Å². The molecule has 0 saturated heterocycles. The first-order chi connectivity index (χ1) is 28.0. The predicted octanol–water partition coefficient (Wildman–Crippen LogP) is 6.58. The van der Waals surface area contributed by atoms with Gasteiger partial charge in [-0.05, 0) is 51.5 Å². The van der Waals surface area contributed by atoms with Crippen LogP contribution in [0.5, 0.6) is 0 Å². The molecule has 3 unspecified atom stereocenters. The third kappa shape index (κ3) is 34.3. The normalized spacial score (nSPS) is 14.1. The number of likely N-dealkylation sites (N-methyl/N-ethyl adjacent to an activating group) is 2. The zero-order valence-electron chi connectivity index (χ0n) is 37.4. The van der Waals surface area contributed by atoms with E-state index in [1.165, 1.54) is 13.8 Å². The molecular weight excluding hydrogens is 755 g/mol. The van der Waals surface area contributed by atoms with Crippen molar-refractivity contribution < 1.29 is 57.0 Å². The van der Waals surface area contributed by atoms with E-state index < -0.39 is 24.4 Å². The zero-order valence-corrected chi connectivity index (χ0v) is 37.4. The molecule has 0 aliphatic heterocycles. The number of ether oxygens (including phenoxy) is 4. The Morgan fingerprint density at radius 1 is 0.661 bits per heavy atom. The van der Waals surface area contributed by atoms with Crippen molar-refractivity contribution >= 4 is 29.8 Å². The van der Waals surface area contributed by atoms with Gasteiger partial charge in [0.15, 0.2) is 19.3 Å². The average Bonchev–Trinajstić information content (AvgIpc) is 3.13. The van der Waals surface area contributed by atoms with Crippen molar-refractivity contribution in [3.05, 3.63) is 72.9 Å². The molecule has 0 radical (unpaired) electrons. The minimum atomic E-state index is -0.938. The summed E-state index contributed by atoms with van der Waals surface area (Å²) in [5, 5.41) is 13.7. The quantitative estimate of drug-likeness (QED) is 0.0141. The first-order valence-corrected chi connectivity index (χ1v) is 21.2. The second-order valence-electron chi connectivity index (χ2n) is 16.0. The number of carbonyl (C=O) groups excluding carboxylic acids is 5. The molecule has 0 spiro atoms. The number of esters is 4. The fourth-order valence-corrected chi connectivity index (χ4v) is 5.63. The highest BCUT2D eigenvalue weighted by molar-refractivity contribution is 5.77. The summed E-state index contributed by atoms with van der Waals surface area (Å²) in [6.07, 6.45) is 29.6. The molecular formula is C46H77N3O10+2. The number of carbonyl (C=O) groups is 5. The molecule has 3 atom stereocenters. The Balaban J connectivity index is 4.86. The summed E-state index contributed by atoms with van der Waals surface area (Å²) < 4.78 is 22.0. The Hall–Kier alpha value is -4.33. The van der Waals surface area contributed by atoms with Crippen LogP contribution in [0.2, 0.25) is 0 Å². The highest BCUT2D eigenvalue weighted by Gasteiger charge is 2.28. The lowest BCUT2D eigenvalue weighted by atomic mass is 10.0. The number of hydrogen-bond acceptors (Lipinski definition) is 10. The van der Waals surface area contributed by atoms with E-state index in [1.807, 2.05) is 83.7 Å². The van der Waals surface area contributed by atoms with Crippen LogP contribution in [0.15, 0.2) is 72.9 Å².